The van der Waals surface area contributed by atoms with Gasteiger partial charge in [0.25, 0.3) is 0 Å². The summed E-state index contributed by atoms with van der Waals surface area (Å²) >= 11 is 0. The van der Waals surface area contributed by atoms with Crippen molar-refractivity contribution in [2.24, 2.45) is 18.7 Å². The minimum atomic E-state index is 0.119. The Balaban J connectivity index is 2.06. The van der Waals surface area contributed by atoms with Gasteiger partial charge in [0.1, 0.15) is 0 Å². The molecule has 0 amide bonds. The Bertz CT molecular complexity index is 404. The number of aromatic nitrogens is 2. The molecule has 1 aliphatic rings. The monoisotopic (exact) mass is 278 g/mol. The molecular weight excluding hydrogens is 248 g/mol. The summed E-state index contributed by atoms with van der Waals surface area (Å²) in [6.45, 7) is 4.42. The van der Waals surface area contributed by atoms with Crippen LogP contribution in [0.25, 0.3) is 0 Å². The van der Waals surface area contributed by atoms with Crippen LogP contribution < -0.4 is 5.73 Å². The number of likely N-dealkylation sites (N-methyl/N-ethyl adjacent to an activating group) is 1. The van der Waals surface area contributed by atoms with Gasteiger partial charge in [-0.25, -0.2) is 0 Å². The second-order valence-electron chi connectivity index (χ2n) is 6.50. The molecule has 114 valence electrons. The van der Waals surface area contributed by atoms with Gasteiger partial charge in [-0.2, -0.15) is 5.10 Å². The first-order chi connectivity index (χ1) is 9.52. The van der Waals surface area contributed by atoms with Crippen molar-refractivity contribution in [2.75, 3.05) is 7.05 Å². The number of aryl methyl sites for hydroxylation is 1. The molecule has 1 aliphatic carbocycles. The molecule has 0 spiro atoms. The molecule has 4 nitrogen and oxygen atoms in total. The topological polar surface area (TPSA) is 47.1 Å². The van der Waals surface area contributed by atoms with Crippen LogP contribution >= 0.6 is 0 Å². The number of rotatable bonds is 5. The van der Waals surface area contributed by atoms with Gasteiger partial charge in [0.05, 0.1) is 12.2 Å². The lowest BCUT2D eigenvalue weighted by molar-refractivity contribution is 0.107. The van der Waals surface area contributed by atoms with Gasteiger partial charge in [-0.1, -0.05) is 13.3 Å². The third kappa shape index (κ3) is 3.41. The molecule has 1 fully saturated rings. The van der Waals surface area contributed by atoms with Gasteiger partial charge in [0.15, 0.2) is 0 Å². The molecule has 0 aromatic carbocycles. The van der Waals surface area contributed by atoms with Crippen LogP contribution in [0.4, 0.5) is 0 Å². The molecule has 2 unspecified atom stereocenters. The number of hydrogen-bond donors (Lipinski definition) is 1. The highest BCUT2D eigenvalue weighted by atomic mass is 15.3. The maximum Gasteiger partial charge on any atom is 0.0538 e. The van der Waals surface area contributed by atoms with Gasteiger partial charge in [-0.3, -0.25) is 9.58 Å². The summed E-state index contributed by atoms with van der Waals surface area (Å²) in [7, 11) is 4.20. The zero-order valence-electron chi connectivity index (χ0n) is 13.4. The van der Waals surface area contributed by atoms with Crippen molar-refractivity contribution in [3.63, 3.8) is 0 Å². The maximum atomic E-state index is 6.26. The van der Waals surface area contributed by atoms with Crippen molar-refractivity contribution in [3.8, 4) is 0 Å². The minimum absolute atomic E-state index is 0.119. The fourth-order valence-corrected chi connectivity index (χ4v) is 3.69. The lowest BCUT2D eigenvalue weighted by Crippen LogP contribution is -2.44. The smallest absolute Gasteiger partial charge is 0.0538 e. The lowest BCUT2D eigenvalue weighted by atomic mass is 9.83. The quantitative estimate of drug-likeness (QED) is 0.901. The van der Waals surface area contributed by atoms with Gasteiger partial charge in [0.2, 0.25) is 0 Å². The molecule has 1 saturated carbocycles. The molecule has 1 heterocycles. The summed E-state index contributed by atoms with van der Waals surface area (Å²) in [6, 6.07) is 1.05. The third-order valence-electron chi connectivity index (χ3n) is 4.97. The van der Waals surface area contributed by atoms with E-state index in [-0.39, 0.29) is 12.1 Å². The van der Waals surface area contributed by atoms with E-state index in [9.17, 15) is 0 Å². The van der Waals surface area contributed by atoms with E-state index in [1.807, 2.05) is 17.9 Å². The first-order valence-electron chi connectivity index (χ1n) is 7.99. The van der Waals surface area contributed by atoms with E-state index in [1.54, 1.807) is 0 Å². The zero-order valence-corrected chi connectivity index (χ0v) is 13.4. The highest BCUT2D eigenvalue weighted by molar-refractivity contribution is 5.13. The molecule has 0 bridgehead atoms. The fourth-order valence-electron chi connectivity index (χ4n) is 3.69. The third-order valence-corrected chi connectivity index (χ3v) is 4.97. The molecule has 20 heavy (non-hydrogen) atoms. The van der Waals surface area contributed by atoms with Gasteiger partial charge in [-0.05, 0) is 45.6 Å². The van der Waals surface area contributed by atoms with E-state index < -0.39 is 0 Å². The molecule has 2 atom stereocenters. The minimum Gasteiger partial charge on any atom is -0.326 e. The second kappa shape index (κ2) is 6.72. The van der Waals surface area contributed by atoms with Crippen molar-refractivity contribution >= 4 is 0 Å². The summed E-state index contributed by atoms with van der Waals surface area (Å²) < 4.78 is 1.87. The molecule has 0 saturated heterocycles. The first-order valence-corrected chi connectivity index (χ1v) is 7.99. The van der Waals surface area contributed by atoms with Crippen LogP contribution in [0.3, 0.4) is 0 Å². The molecular formula is C16H30N4. The van der Waals surface area contributed by atoms with Crippen LogP contribution in [0, 0.1) is 5.92 Å². The largest absolute Gasteiger partial charge is 0.326 e. The SMILES string of the molecule is CCC1CCC(N(C)C(c2cnn(C)c2)C(C)N)CC1. The Morgan fingerprint density at radius 1 is 1.40 bits per heavy atom. The number of nitrogens with two attached hydrogens (primary N) is 1. The summed E-state index contributed by atoms with van der Waals surface area (Å²) in [4.78, 5) is 2.49. The van der Waals surface area contributed by atoms with E-state index in [1.165, 1.54) is 37.7 Å². The Morgan fingerprint density at radius 2 is 2.05 bits per heavy atom. The van der Waals surface area contributed by atoms with Gasteiger partial charge >= 0.3 is 0 Å². The molecule has 1 aromatic heterocycles. The molecule has 4 heteroatoms. The van der Waals surface area contributed by atoms with Gasteiger partial charge < -0.3 is 5.73 Å². The van der Waals surface area contributed by atoms with Gasteiger partial charge in [-0.15, -0.1) is 0 Å². The van der Waals surface area contributed by atoms with Crippen LogP contribution in [0.15, 0.2) is 12.4 Å². The van der Waals surface area contributed by atoms with E-state index in [4.69, 9.17) is 5.73 Å². The highest BCUT2D eigenvalue weighted by Crippen LogP contribution is 2.33. The zero-order chi connectivity index (χ0) is 14.7. The van der Waals surface area contributed by atoms with Crippen molar-refractivity contribution in [2.45, 2.75) is 64.1 Å². The molecule has 2 N–H and O–H groups in total. The lowest BCUT2D eigenvalue weighted by Gasteiger charge is -2.40. The average Bonchev–Trinajstić information content (AvgIpc) is 2.85. The van der Waals surface area contributed by atoms with Crippen LogP contribution in [0.5, 0.6) is 0 Å². The summed E-state index contributed by atoms with van der Waals surface area (Å²) in [5, 5.41) is 4.31. The predicted octanol–water partition coefficient (Wildman–Crippen LogP) is 2.71. The second-order valence-corrected chi connectivity index (χ2v) is 6.50. The van der Waals surface area contributed by atoms with E-state index in [2.05, 4.69) is 37.1 Å². The Hall–Kier alpha value is -0.870. The van der Waals surface area contributed by atoms with Crippen molar-refractivity contribution in [1.82, 2.24) is 14.7 Å². The average molecular weight is 278 g/mol. The number of nitrogens with zero attached hydrogens (tertiary/aromatic N) is 3. The van der Waals surface area contributed by atoms with Crippen LogP contribution in [-0.2, 0) is 7.05 Å². The normalized spacial score (nSPS) is 26.7. The van der Waals surface area contributed by atoms with E-state index in [0.717, 1.165) is 5.92 Å². The summed E-state index contributed by atoms with van der Waals surface area (Å²) in [6.07, 6.45) is 10.7. The number of hydrogen-bond acceptors (Lipinski definition) is 3. The highest BCUT2D eigenvalue weighted by Gasteiger charge is 2.30. The van der Waals surface area contributed by atoms with E-state index in [0.29, 0.717) is 6.04 Å². The van der Waals surface area contributed by atoms with Gasteiger partial charge in [0, 0.05) is 30.9 Å². The summed E-state index contributed by atoms with van der Waals surface area (Å²) in [5.74, 6) is 0.937. The maximum absolute atomic E-state index is 6.26. The molecule has 2 rings (SSSR count). The Labute approximate surface area is 123 Å². The summed E-state index contributed by atoms with van der Waals surface area (Å²) in [5.41, 5.74) is 7.50. The Morgan fingerprint density at radius 3 is 2.50 bits per heavy atom. The molecule has 0 radical (unpaired) electrons. The van der Waals surface area contributed by atoms with Crippen LogP contribution in [0.2, 0.25) is 0 Å². The molecule has 0 aliphatic heterocycles. The van der Waals surface area contributed by atoms with Crippen molar-refractivity contribution in [1.29, 1.82) is 0 Å². The first kappa shape index (κ1) is 15.5. The molecule has 1 aromatic rings. The van der Waals surface area contributed by atoms with Crippen molar-refractivity contribution < 1.29 is 0 Å². The predicted molar refractivity (Wildman–Crippen MR) is 83.4 cm³/mol. The van der Waals surface area contributed by atoms with Crippen molar-refractivity contribution in [3.05, 3.63) is 18.0 Å². The van der Waals surface area contributed by atoms with E-state index >= 15 is 0 Å². The Kier molecular flexibility index (Phi) is 5.22. The fraction of sp³-hybridized carbons (Fsp3) is 0.812. The standard InChI is InChI=1S/C16H30N4/c1-5-13-6-8-15(9-7-13)20(4)16(12(2)17)14-10-18-19(3)11-14/h10-13,15-16H,5-9,17H2,1-4H3. The van der Waals surface area contributed by atoms with Crippen LogP contribution in [0.1, 0.15) is 57.6 Å². The van der Waals surface area contributed by atoms with Crippen LogP contribution in [-0.4, -0.2) is 33.8 Å².